The van der Waals surface area contributed by atoms with E-state index in [1.807, 2.05) is 0 Å². The molecule has 3 rings (SSSR count). The number of carbonyl (C=O) groups excluding carboxylic acids is 1. The SMILES string of the molecule is Cc1noc(-c2ccc(C(=O)N3CCC[C@@H](C(=O)O)C3)cc2)n1. The molecule has 7 heteroatoms. The molecule has 7 nitrogen and oxygen atoms in total. The van der Waals surface area contributed by atoms with Gasteiger partial charge >= 0.3 is 5.97 Å². The summed E-state index contributed by atoms with van der Waals surface area (Å²) >= 11 is 0. The molecule has 2 heterocycles. The van der Waals surface area contributed by atoms with Crippen LogP contribution in [0.5, 0.6) is 0 Å². The quantitative estimate of drug-likeness (QED) is 0.930. The Hall–Kier alpha value is -2.70. The maximum Gasteiger partial charge on any atom is 0.308 e. The summed E-state index contributed by atoms with van der Waals surface area (Å²) in [6.07, 6.45) is 1.33. The van der Waals surface area contributed by atoms with E-state index in [2.05, 4.69) is 10.1 Å². The van der Waals surface area contributed by atoms with Gasteiger partial charge in [0.15, 0.2) is 5.82 Å². The number of hydrogen-bond acceptors (Lipinski definition) is 5. The first-order chi connectivity index (χ1) is 11.0. The second-order valence-electron chi connectivity index (χ2n) is 5.65. The Kier molecular flexibility index (Phi) is 4.10. The molecule has 23 heavy (non-hydrogen) atoms. The first kappa shape index (κ1) is 15.2. The van der Waals surface area contributed by atoms with Crippen LogP contribution in [0, 0.1) is 12.8 Å². The molecular formula is C16H17N3O4. The largest absolute Gasteiger partial charge is 0.481 e. The van der Waals surface area contributed by atoms with E-state index in [-0.39, 0.29) is 12.5 Å². The van der Waals surface area contributed by atoms with Crippen molar-refractivity contribution in [3.63, 3.8) is 0 Å². The monoisotopic (exact) mass is 315 g/mol. The lowest BCUT2D eigenvalue weighted by molar-refractivity contribution is -0.143. The molecule has 120 valence electrons. The van der Waals surface area contributed by atoms with Crippen molar-refractivity contribution in [1.82, 2.24) is 15.0 Å². The molecular weight excluding hydrogens is 298 g/mol. The predicted octanol–water partition coefficient (Wildman–Crippen LogP) is 1.98. The number of aromatic nitrogens is 2. The van der Waals surface area contributed by atoms with Crippen LogP contribution in [0.25, 0.3) is 11.5 Å². The highest BCUT2D eigenvalue weighted by atomic mass is 16.5. The molecule has 0 aliphatic carbocycles. The third-order valence-electron chi connectivity index (χ3n) is 3.96. The molecule has 2 aromatic rings. The molecule has 0 bridgehead atoms. The molecule has 0 unspecified atom stereocenters. The maximum atomic E-state index is 12.5. The van der Waals surface area contributed by atoms with Crippen LogP contribution in [0.1, 0.15) is 29.0 Å². The Bertz CT molecular complexity index is 723. The van der Waals surface area contributed by atoms with Crippen LogP contribution in [0.2, 0.25) is 0 Å². The number of aryl methyl sites for hydroxylation is 1. The zero-order chi connectivity index (χ0) is 16.4. The molecule has 0 saturated carbocycles. The second kappa shape index (κ2) is 6.20. The van der Waals surface area contributed by atoms with Crippen LogP contribution < -0.4 is 0 Å². The van der Waals surface area contributed by atoms with Gasteiger partial charge < -0.3 is 14.5 Å². The van der Waals surface area contributed by atoms with E-state index in [0.29, 0.717) is 36.7 Å². The van der Waals surface area contributed by atoms with Gasteiger partial charge in [0.05, 0.1) is 5.92 Å². The van der Waals surface area contributed by atoms with E-state index in [4.69, 9.17) is 9.63 Å². The minimum Gasteiger partial charge on any atom is -0.481 e. The summed E-state index contributed by atoms with van der Waals surface area (Å²) in [6.45, 7) is 2.59. The smallest absolute Gasteiger partial charge is 0.308 e. The Balaban J connectivity index is 1.74. The number of rotatable bonds is 3. The van der Waals surface area contributed by atoms with Gasteiger partial charge in [-0.3, -0.25) is 9.59 Å². The van der Waals surface area contributed by atoms with Crippen molar-refractivity contribution in [2.75, 3.05) is 13.1 Å². The highest BCUT2D eigenvalue weighted by Gasteiger charge is 2.28. The number of aliphatic carboxylic acids is 1. The fourth-order valence-corrected chi connectivity index (χ4v) is 2.72. The van der Waals surface area contributed by atoms with Crippen molar-refractivity contribution < 1.29 is 19.2 Å². The van der Waals surface area contributed by atoms with E-state index >= 15 is 0 Å². The maximum absolute atomic E-state index is 12.5. The van der Waals surface area contributed by atoms with E-state index in [1.165, 1.54) is 0 Å². The minimum absolute atomic E-state index is 0.149. The highest BCUT2D eigenvalue weighted by Crippen LogP contribution is 2.21. The van der Waals surface area contributed by atoms with E-state index in [0.717, 1.165) is 5.56 Å². The second-order valence-corrected chi connectivity index (χ2v) is 5.65. The van der Waals surface area contributed by atoms with Crippen molar-refractivity contribution in [3.8, 4) is 11.5 Å². The molecule has 1 aromatic carbocycles. The normalized spacial score (nSPS) is 18.0. The Morgan fingerprint density at radius 1 is 1.30 bits per heavy atom. The summed E-state index contributed by atoms with van der Waals surface area (Å²) in [5.41, 5.74) is 1.26. The molecule has 0 spiro atoms. The lowest BCUT2D eigenvalue weighted by atomic mass is 9.97. The number of hydrogen-bond donors (Lipinski definition) is 1. The Morgan fingerprint density at radius 2 is 2.04 bits per heavy atom. The van der Waals surface area contributed by atoms with Gasteiger partial charge in [-0.25, -0.2) is 0 Å². The third kappa shape index (κ3) is 3.23. The molecule has 1 saturated heterocycles. The lowest BCUT2D eigenvalue weighted by Crippen LogP contribution is -2.42. The number of nitrogens with zero attached hydrogens (tertiary/aromatic N) is 3. The van der Waals surface area contributed by atoms with E-state index in [1.54, 1.807) is 36.1 Å². The topological polar surface area (TPSA) is 96.5 Å². The van der Waals surface area contributed by atoms with Gasteiger partial charge in [0.1, 0.15) is 0 Å². The zero-order valence-electron chi connectivity index (χ0n) is 12.7. The van der Waals surface area contributed by atoms with Gasteiger partial charge in [0, 0.05) is 24.2 Å². The molecule has 1 aromatic heterocycles. The van der Waals surface area contributed by atoms with Crippen LogP contribution in [-0.4, -0.2) is 45.1 Å². The van der Waals surface area contributed by atoms with Crippen LogP contribution in [0.15, 0.2) is 28.8 Å². The van der Waals surface area contributed by atoms with Crippen molar-refractivity contribution in [3.05, 3.63) is 35.7 Å². The van der Waals surface area contributed by atoms with Gasteiger partial charge in [-0.15, -0.1) is 0 Å². The van der Waals surface area contributed by atoms with Crippen molar-refractivity contribution in [1.29, 1.82) is 0 Å². The molecule has 1 aliphatic rings. The highest BCUT2D eigenvalue weighted by molar-refractivity contribution is 5.95. The van der Waals surface area contributed by atoms with E-state index < -0.39 is 11.9 Å². The molecule has 0 radical (unpaired) electrons. The van der Waals surface area contributed by atoms with Gasteiger partial charge in [-0.05, 0) is 44.0 Å². The summed E-state index contributed by atoms with van der Waals surface area (Å²) in [6, 6.07) is 6.89. The predicted molar refractivity (Wildman–Crippen MR) is 80.7 cm³/mol. The molecule has 1 fully saturated rings. The summed E-state index contributed by atoms with van der Waals surface area (Å²) in [5.74, 6) is -0.513. The van der Waals surface area contributed by atoms with Gasteiger partial charge in [0.2, 0.25) is 0 Å². The lowest BCUT2D eigenvalue weighted by Gasteiger charge is -2.30. The van der Waals surface area contributed by atoms with Gasteiger partial charge in [-0.1, -0.05) is 5.16 Å². The van der Waals surface area contributed by atoms with Crippen LogP contribution in [0.4, 0.5) is 0 Å². The fraction of sp³-hybridized carbons (Fsp3) is 0.375. The molecule has 1 aliphatic heterocycles. The fourth-order valence-electron chi connectivity index (χ4n) is 2.72. The molecule has 1 amide bonds. The van der Waals surface area contributed by atoms with Gasteiger partial charge in [-0.2, -0.15) is 4.98 Å². The number of carboxylic acid groups (broad SMARTS) is 1. The summed E-state index contributed by atoms with van der Waals surface area (Å²) < 4.78 is 5.09. The summed E-state index contributed by atoms with van der Waals surface area (Å²) in [4.78, 5) is 29.3. The number of amides is 1. The third-order valence-corrected chi connectivity index (χ3v) is 3.96. The molecule has 1 atom stereocenters. The van der Waals surface area contributed by atoms with Gasteiger partial charge in [0.25, 0.3) is 11.8 Å². The number of carboxylic acids is 1. The number of benzene rings is 1. The zero-order valence-corrected chi connectivity index (χ0v) is 12.7. The summed E-state index contributed by atoms with van der Waals surface area (Å²) in [5, 5.41) is 12.8. The first-order valence-electron chi connectivity index (χ1n) is 7.47. The van der Waals surface area contributed by atoms with Crippen LogP contribution in [-0.2, 0) is 4.79 Å². The number of carbonyl (C=O) groups is 2. The first-order valence-corrected chi connectivity index (χ1v) is 7.47. The number of likely N-dealkylation sites (tertiary alicyclic amines) is 1. The van der Waals surface area contributed by atoms with Crippen LogP contribution >= 0.6 is 0 Å². The minimum atomic E-state index is -0.843. The van der Waals surface area contributed by atoms with E-state index in [9.17, 15) is 9.59 Å². The van der Waals surface area contributed by atoms with Crippen molar-refractivity contribution in [2.45, 2.75) is 19.8 Å². The Labute approximate surface area is 132 Å². The number of piperidine rings is 1. The Morgan fingerprint density at radius 3 is 2.65 bits per heavy atom. The average molecular weight is 315 g/mol. The summed E-state index contributed by atoms with van der Waals surface area (Å²) in [7, 11) is 0. The van der Waals surface area contributed by atoms with Crippen molar-refractivity contribution in [2.24, 2.45) is 5.92 Å². The molecule has 1 N–H and O–H groups in total. The van der Waals surface area contributed by atoms with Crippen molar-refractivity contribution >= 4 is 11.9 Å². The standard InChI is InChI=1S/C16H17N3O4/c1-10-17-14(23-18-10)11-4-6-12(7-5-11)15(20)19-8-2-3-13(9-19)16(21)22/h4-7,13H,2-3,8-9H2,1H3,(H,21,22)/t13-/m1/s1. The average Bonchev–Trinajstić information content (AvgIpc) is 3.01. The van der Waals surface area contributed by atoms with Crippen LogP contribution in [0.3, 0.4) is 0 Å².